The average Bonchev–Trinajstić information content (AvgIpc) is 2.98. The highest BCUT2D eigenvalue weighted by atomic mass is 32.2. The molecule has 0 saturated heterocycles. The Hall–Kier alpha value is -3.37. The Kier molecular flexibility index (Phi) is 10.6. The summed E-state index contributed by atoms with van der Waals surface area (Å²) in [4.78, 5) is 0.703. The second kappa shape index (κ2) is 13.5. The van der Waals surface area contributed by atoms with E-state index in [2.05, 4.69) is 84.9 Å². The summed E-state index contributed by atoms with van der Waals surface area (Å²) in [6, 6.07) is 31.3. The SMILES string of the molecule is CCC(C)(C)Oc1ccc(-c2ccc(C)cc2)cc1.CCC(C)(CC)c1ccc(S(=O)(=O)c2ccc(C)cc2)cc1. The van der Waals surface area contributed by atoms with Crippen molar-refractivity contribution in [2.75, 3.05) is 0 Å². The van der Waals surface area contributed by atoms with Crippen LogP contribution < -0.4 is 4.74 Å². The Balaban J connectivity index is 0.000000228. The van der Waals surface area contributed by atoms with E-state index in [1.165, 1.54) is 22.3 Å². The normalized spacial score (nSPS) is 11.9. The molecule has 0 amide bonds. The van der Waals surface area contributed by atoms with Crippen molar-refractivity contribution in [1.29, 1.82) is 0 Å². The molecule has 0 atom stereocenters. The molecule has 0 aliphatic carbocycles. The predicted molar refractivity (Wildman–Crippen MR) is 173 cm³/mol. The second-order valence-corrected chi connectivity index (χ2v) is 13.7. The van der Waals surface area contributed by atoms with Crippen LogP contribution in [0.25, 0.3) is 11.1 Å². The fourth-order valence-corrected chi connectivity index (χ4v) is 5.66. The van der Waals surface area contributed by atoms with E-state index in [0.29, 0.717) is 9.79 Å². The van der Waals surface area contributed by atoms with E-state index >= 15 is 0 Å². The summed E-state index contributed by atoms with van der Waals surface area (Å²) in [7, 11) is -3.43. The van der Waals surface area contributed by atoms with Crippen molar-refractivity contribution in [3.63, 3.8) is 0 Å². The molecule has 4 aromatic carbocycles. The summed E-state index contributed by atoms with van der Waals surface area (Å²) in [5.74, 6) is 0.933. The van der Waals surface area contributed by atoms with Gasteiger partial charge >= 0.3 is 0 Å². The molecule has 0 fully saturated rings. The first-order chi connectivity index (χ1) is 19.3. The van der Waals surface area contributed by atoms with E-state index in [-0.39, 0.29) is 11.0 Å². The van der Waals surface area contributed by atoms with Crippen molar-refractivity contribution in [2.24, 2.45) is 0 Å². The lowest BCUT2D eigenvalue weighted by Gasteiger charge is -2.27. The largest absolute Gasteiger partial charge is 0.488 e. The average molecular weight is 571 g/mol. The van der Waals surface area contributed by atoms with E-state index in [1.807, 2.05) is 43.3 Å². The van der Waals surface area contributed by atoms with Gasteiger partial charge < -0.3 is 4.74 Å². The first-order valence-electron chi connectivity index (χ1n) is 14.6. The van der Waals surface area contributed by atoms with Gasteiger partial charge in [0.1, 0.15) is 11.4 Å². The number of rotatable bonds is 9. The van der Waals surface area contributed by atoms with Crippen molar-refractivity contribution in [3.8, 4) is 16.9 Å². The molecule has 0 aromatic heterocycles. The van der Waals surface area contributed by atoms with Gasteiger partial charge in [-0.05, 0) is 105 Å². The predicted octanol–water partition coefficient (Wildman–Crippen LogP) is 10.1. The summed E-state index contributed by atoms with van der Waals surface area (Å²) in [5, 5.41) is 0. The van der Waals surface area contributed by atoms with E-state index < -0.39 is 9.84 Å². The van der Waals surface area contributed by atoms with Gasteiger partial charge in [-0.2, -0.15) is 0 Å². The topological polar surface area (TPSA) is 43.4 Å². The summed E-state index contributed by atoms with van der Waals surface area (Å²) in [5.41, 5.74) is 6.00. The van der Waals surface area contributed by atoms with Crippen molar-refractivity contribution in [1.82, 2.24) is 0 Å². The maximum atomic E-state index is 12.6. The molecule has 41 heavy (non-hydrogen) atoms. The van der Waals surface area contributed by atoms with Gasteiger partial charge in [0, 0.05) is 0 Å². The monoisotopic (exact) mass is 570 g/mol. The van der Waals surface area contributed by atoms with Crippen molar-refractivity contribution >= 4 is 9.84 Å². The summed E-state index contributed by atoms with van der Waals surface area (Å²) >= 11 is 0. The third kappa shape index (κ3) is 8.33. The highest BCUT2D eigenvalue weighted by Crippen LogP contribution is 2.32. The molecule has 3 nitrogen and oxygen atoms in total. The first kappa shape index (κ1) is 32.1. The highest BCUT2D eigenvalue weighted by molar-refractivity contribution is 7.91. The number of ether oxygens (including phenoxy) is 1. The molecule has 4 rings (SSSR count). The quantitative estimate of drug-likeness (QED) is 0.201. The minimum absolute atomic E-state index is 0.103. The van der Waals surface area contributed by atoms with Gasteiger partial charge in [-0.1, -0.05) is 99.5 Å². The Labute approximate surface area is 248 Å². The smallest absolute Gasteiger partial charge is 0.206 e. The number of aryl methyl sites for hydroxylation is 2. The van der Waals surface area contributed by atoms with Crippen LogP contribution >= 0.6 is 0 Å². The first-order valence-corrected chi connectivity index (χ1v) is 16.1. The lowest BCUT2D eigenvalue weighted by molar-refractivity contribution is 0.105. The van der Waals surface area contributed by atoms with Crippen molar-refractivity contribution in [2.45, 2.75) is 95.5 Å². The number of benzene rings is 4. The minimum atomic E-state index is -3.43. The van der Waals surface area contributed by atoms with Gasteiger partial charge in [0.15, 0.2) is 0 Å². The van der Waals surface area contributed by atoms with Crippen LogP contribution in [0.3, 0.4) is 0 Å². The summed E-state index contributed by atoms with van der Waals surface area (Å²) < 4.78 is 31.3. The molecule has 0 unspecified atom stereocenters. The van der Waals surface area contributed by atoms with Crippen LogP contribution in [0.15, 0.2) is 107 Å². The van der Waals surface area contributed by atoms with Crippen LogP contribution in [0.5, 0.6) is 5.75 Å². The minimum Gasteiger partial charge on any atom is -0.488 e. The molecule has 218 valence electrons. The van der Waals surface area contributed by atoms with E-state index in [4.69, 9.17) is 4.74 Å². The van der Waals surface area contributed by atoms with Crippen LogP contribution in [0, 0.1) is 13.8 Å². The molecular weight excluding hydrogens is 524 g/mol. The van der Waals surface area contributed by atoms with E-state index in [0.717, 1.165) is 30.6 Å². The summed E-state index contributed by atoms with van der Waals surface area (Å²) in [6.45, 7) is 17.0. The fourth-order valence-electron chi connectivity index (χ4n) is 4.40. The van der Waals surface area contributed by atoms with Crippen molar-refractivity contribution in [3.05, 3.63) is 114 Å². The molecule has 0 N–H and O–H groups in total. The zero-order valence-corrected chi connectivity index (χ0v) is 26.8. The molecule has 0 aliphatic rings. The maximum Gasteiger partial charge on any atom is 0.206 e. The van der Waals surface area contributed by atoms with Gasteiger partial charge in [-0.25, -0.2) is 8.42 Å². The maximum absolute atomic E-state index is 12.6. The van der Waals surface area contributed by atoms with E-state index in [9.17, 15) is 8.42 Å². The number of hydrogen-bond donors (Lipinski definition) is 0. The van der Waals surface area contributed by atoms with Gasteiger partial charge in [-0.3, -0.25) is 0 Å². The summed E-state index contributed by atoms with van der Waals surface area (Å²) in [6.07, 6.45) is 3.06. The van der Waals surface area contributed by atoms with Gasteiger partial charge in [-0.15, -0.1) is 0 Å². The Morgan fingerprint density at radius 1 is 0.561 bits per heavy atom. The van der Waals surface area contributed by atoms with Gasteiger partial charge in [0.05, 0.1) is 9.79 Å². The number of sulfone groups is 1. The van der Waals surface area contributed by atoms with Crippen molar-refractivity contribution < 1.29 is 13.2 Å². The van der Waals surface area contributed by atoms with Crippen LogP contribution in [0.4, 0.5) is 0 Å². The highest BCUT2D eigenvalue weighted by Gasteiger charge is 2.24. The molecule has 0 bridgehead atoms. The zero-order valence-electron chi connectivity index (χ0n) is 26.0. The third-order valence-electron chi connectivity index (χ3n) is 8.24. The lowest BCUT2D eigenvalue weighted by atomic mass is 9.78. The molecule has 0 heterocycles. The van der Waals surface area contributed by atoms with E-state index in [1.54, 1.807) is 24.3 Å². The molecule has 0 spiro atoms. The molecule has 0 saturated carbocycles. The molecule has 0 radical (unpaired) electrons. The third-order valence-corrected chi connectivity index (χ3v) is 10.0. The molecule has 0 aliphatic heterocycles. The fraction of sp³-hybridized carbons (Fsp3) is 0.351. The Morgan fingerprint density at radius 3 is 1.37 bits per heavy atom. The lowest BCUT2D eigenvalue weighted by Crippen LogP contribution is -2.26. The Morgan fingerprint density at radius 2 is 0.951 bits per heavy atom. The number of hydrogen-bond acceptors (Lipinski definition) is 3. The molecule has 4 aromatic rings. The second-order valence-electron chi connectivity index (χ2n) is 11.7. The zero-order chi connectivity index (χ0) is 30.3. The van der Waals surface area contributed by atoms with Crippen LogP contribution in [-0.2, 0) is 15.3 Å². The molecular formula is C37H46O3S. The van der Waals surface area contributed by atoms with Gasteiger partial charge in [0.2, 0.25) is 9.84 Å². The molecule has 4 heteroatoms. The standard InChI is InChI=1S/C19H24O2S.C18H22O/c1-5-19(4,6-2)16-9-13-18(14-10-16)22(20,21)17-11-7-15(3)8-12-17;1-5-18(3,4)19-17-12-10-16(11-13-17)15-8-6-14(2)7-9-15/h7-14H,5-6H2,1-4H3;6-13H,5H2,1-4H3. The van der Waals surface area contributed by atoms with Crippen LogP contribution in [0.1, 0.15) is 77.5 Å². The van der Waals surface area contributed by atoms with Gasteiger partial charge in [0.25, 0.3) is 0 Å². The van der Waals surface area contributed by atoms with Crippen LogP contribution in [0.2, 0.25) is 0 Å². The Bertz CT molecular complexity index is 1480. The van der Waals surface area contributed by atoms with Crippen LogP contribution in [-0.4, -0.2) is 14.0 Å².